The van der Waals surface area contributed by atoms with E-state index < -0.39 is 70.4 Å². The highest BCUT2D eigenvalue weighted by Crippen LogP contribution is 2.69. The average Bonchev–Trinajstić information content (AvgIpc) is 3.90. The van der Waals surface area contributed by atoms with Gasteiger partial charge in [0.15, 0.2) is 11.6 Å². The van der Waals surface area contributed by atoms with Gasteiger partial charge in [-0.3, -0.25) is 9.59 Å². The topological polar surface area (TPSA) is 218 Å². The Morgan fingerprint density at radius 2 is 1.74 bits per heavy atom. The summed E-state index contributed by atoms with van der Waals surface area (Å²) in [6.45, 7) is -0.447. The van der Waals surface area contributed by atoms with Crippen LogP contribution >= 0.6 is 21.6 Å². The van der Waals surface area contributed by atoms with Crippen molar-refractivity contribution in [3.05, 3.63) is 111 Å². The van der Waals surface area contributed by atoms with Crippen molar-refractivity contribution < 1.29 is 54.8 Å². The summed E-state index contributed by atoms with van der Waals surface area (Å²) in [5, 5.41) is 87.3. The molecule has 9 N–H and O–H groups in total. The minimum Gasteiger partial charge on any atom is -0.511 e. The van der Waals surface area contributed by atoms with Gasteiger partial charge < -0.3 is 55.9 Å². The Morgan fingerprint density at radius 1 is 0.938 bits per heavy atom. The fourth-order valence-electron chi connectivity index (χ4n) is 13.4. The van der Waals surface area contributed by atoms with Crippen LogP contribution in [-0.4, -0.2) is 108 Å². The van der Waals surface area contributed by atoms with Crippen LogP contribution in [0, 0.1) is 28.1 Å². The monoisotopic (exact) mass is 928 g/mol. The number of carbonyl (C=O) groups is 2. The van der Waals surface area contributed by atoms with Gasteiger partial charge in [0.2, 0.25) is 6.29 Å². The maximum Gasteiger partial charge on any atom is 0.229 e. The Balaban J connectivity index is 1.11. The van der Waals surface area contributed by atoms with Crippen LogP contribution in [0.25, 0.3) is 0 Å². The number of aliphatic hydroxyl groups excluding tert-OH is 6. The zero-order valence-corrected chi connectivity index (χ0v) is 38.0. The largest absolute Gasteiger partial charge is 0.511 e. The number of Topliss-reactive ketones (excluding diaryl/α,β-unsaturated/α-hetero) is 2. The molecule has 2 saturated carbocycles. The van der Waals surface area contributed by atoms with Crippen molar-refractivity contribution in [1.82, 2.24) is 10.6 Å². The molecule has 13 nitrogen and oxygen atoms in total. The fourth-order valence-corrected chi connectivity index (χ4v) is 16.2. The third-order valence-electron chi connectivity index (χ3n) is 16.3. The Bertz CT molecular complexity index is 2360. The van der Waals surface area contributed by atoms with Crippen molar-refractivity contribution in [2.24, 2.45) is 28.1 Å². The molecule has 3 heterocycles. The predicted octanol–water partition coefficient (Wildman–Crippen LogP) is 5.30. The molecule has 10 atom stereocenters. The van der Waals surface area contributed by atoms with E-state index in [9.17, 15) is 35.7 Å². The van der Waals surface area contributed by atoms with Crippen LogP contribution in [0.5, 0.6) is 5.75 Å². The second-order valence-electron chi connectivity index (χ2n) is 19.8. The SMILES string of the molecule is O=C1c2cccc3c2C(=O)C2(C(O)=CC(Cc4cccc(CO)c4)=CC12)C(CCCO)SSCNC1=CC2=C(CCC4CC5(CCCC5)CC24CC2(O)C(O)C(CO)OC(O3)C2O)CN1. The van der Waals surface area contributed by atoms with Crippen LogP contribution in [0.15, 0.2) is 89.0 Å². The lowest BCUT2D eigenvalue weighted by atomic mass is 9.57. The standard InChI is InChI=1S/C50H60N2O11S2/c53-15-5-10-39-50-35(18-30(19-38(50)56)17-28-6-3-7-29(16-28)23-54)42(57)33-8-4-9-36(41(33)44(50)59)62-46-45(60)49(61,43(58)37(24-55)63-46)26-48-25-47(13-1-2-14-47)21-32(48)12-11-31-22-51-40(20-34(31)48)52-27-64-65-39/h3-4,6-9,16,18-20,32,35,37,39,43,45-46,51-56,58,60-61H,1-2,5,10-15,17,21-27H2. The maximum absolute atomic E-state index is 15.8. The second-order valence-corrected chi connectivity index (χ2v) is 22.4. The molecule has 0 radical (unpaired) electrons. The fraction of sp³-hybridized carbons (Fsp3) is 0.560. The number of aliphatic hydroxyl groups is 7. The minimum absolute atomic E-state index is 0.0129. The van der Waals surface area contributed by atoms with Crippen molar-refractivity contribution in [2.45, 2.75) is 119 Å². The molecule has 6 bridgehead atoms. The molecule has 0 aromatic heterocycles. The van der Waals surface area contributed by atoms with E-state index >= 15 is 9.59 Å². The molecule has 5 aliphatic carbocycles. The van der Waals surface area contributed by atoms with Crippen molar-refractivity contribution in [2.75, 3.05) is 25.6 Å². The van der Waals surface area contributed by atoms with Crippen LogP contribution < -0.4 is 15.4 Å². The summed E-state index contributed by atoms with van der Waals surface area (Å²) in [4.78, 5) is 31.0. The zero-order chi connectivity index (χ0) is 45.3. The molecule has 1 saturated heterocycles. The van der Waals surface area contributed by atoms with Crippen LogP contribution in [0.3, 0.4) is 0 Å². The van der Waals surface area contributed by atoms with Gasteiger partial charge in [0.1, 0.15) is 40.8 Å². The van der Waals surface area contributed by atoms with Gasteiger partial charge in [-0.05, 0) is 122 Å². The van der Waals surface area contributed by atoms with Crippen LogP contribution in [-0.2, 0) is 17.8 Å². The number of nitrogens with one attached hydrogen (secondary N) is 2. The first kappa shape index (κ1) is 45.2. The maximum atomic E-state index is 15.8. The van der Waals surface area contributed by atoms with Gasteiger partial charge in [-0.15, -0.1) is 0 Å². The van der Waals surface area contributed by atoms with E-state index in [-0.39, 0.29) is 66.4 Å². The molecule has 2 aromatic rings. The Morgan fingerprint density at radius 3 is 2.52 bits per heavy atom. The van der Waals surface area contributed by atoms with E-state index in [0.29, 0.717) is 30.0 Å². The summed E-state index contributed by atoms with van der Waals surface area (Å²) in [7, 11) is 2.84. The molecule has 3 aliphatic heterocycles. The number of hydrogen-bond donors (Lipinski definition) is 9. The number of ketones is 2. The van der Waals surface area contributed by atoms with Crippen LogP contribution in [0.4, 0.5) is 0 Å². The summed E-state index contributed by atoms with van der Waals surface area (Å²) >= 11 is 0. The molecular formula is C50H60N2O11S2. The molecule has 8 aliphatic rings. The number of hydrogen-bond acceptors (Lipinski definition) is 15. The summed E-state index contributed by atoms with van der Waals surface area (Å²) < 4.78 is 12.7. The first-order chi connectivity index (χ1) is 31.4. The molecule has 15 heteroatoms. The predicted molar refractivity (Wildman–Crippen MR) is 246 cm³/mol. The Hall–Kier alpha value is -3.64. The van der Waals surface area contributed by atoms with Crippen molar-refractivity contribution >= 4 is 33.2 Å². The second kappa shape index (κ2) is 17.5. The van der Waals surface area contributed by atoms with Gasteiger partial charge in [-0.2, -0.15) is 0 Å². The Kier molecular flexibility index (Phi) is 12.1. The molecule has 348 valence electrons. The lowest BCUT2D eigenvalue weighted by molar-refractivity contribution is -0.320. The Labute approximate surface area is 386 Å². The molecule has 10 unspecified atom stereocenters. The van der Waals surface area contributed by atoms with E-state index in [1.54, 1.807) is 30.4 Å². The molecule has 65 heavy (non-hydrogen) atoms. The van der Waals surface area contributed by atoms with E-state index in [1.165, 1.54) is 33.2 Å². The minimum atomic E-state index is -2.24. The highest BCUT2D eigenvalue weighted by molar-refractivity contribution is 8.76. The van der Waals surface area contributed by atoms with E-state index in [1.807, 2.05) is 18.2 Å². The smallest absolute Gasteiger partial charge is 0.229 e. The van der Waals surface area contributed by atoms with E-state index in [0.717, 1.165) is 68.3 Å². The zero-order valence-electron chi connectivity index (χ0n) is 36.4. The number of benzene rings is 2. The lowest BCUT2D eigenvalue weighted by Gasteiger charge is -2.54. The normalized spacial score (nSPS) is 36.2. The van der Waals surface area contributed by atoms with Gasteiger partial charge in [-0.1, -0.05) is 76.9 Å². The number of ether oxygens (including phenoxy) is 2. The lowest BCUT2D eigenvalue weighted by Crippen LogP contribution is -2.69. The third kappa shape index (κ3) is 7.34. The molecule has 10 rings (SSSR count). The number of allylic oxidation sites excluding steroid dienone is 6. The molecule has 2 aromatic carbocycles. The summed E-state index contributed by atoms with van der Waals surface area (Å²) in [5.74, 6) is -1.25. The van der Waals surface area contributed by atoms with E-state index in [4.69, 9.17) is 9.47 Å². The van der Waals surface area contributed by atoms with Gasteiger partial charge in [0, 0.05) is 29.4 Å². The molecule has 3 spiro atoms. The van der Waals surface area contributed by atoms with Gasteiger partial charge in [0.25, 0.3) is 0 Å². The van der Waals surface area contributed by atoms with Crippen molar-refractivity contribution in [3.8, 4) is 5.75 Å². The summed E-state index contributed by atoms with van der Waals surface area (Å²) in [6.07, 6.45) is 7.68. The first-order valence-electron chi connectivity index (χ1n) is 23.2. The number of fused-ring (bicyclic) bond motifs is 2. The van der Waals surface area contributed by atoms with Crippen molar-refractivity contribution in [3.63, 3.8) is 0 Å². The van der Waals surface area contributed by atoms with Gasteiger partial charge in [0.05, 0.1) is 36.4 Å². The van der Waals surface area contributed by atoms with Gasteiger partial charge >= 0.3 is 0 Å². The number of dihydropyridines is 1. The van der Waals surface area contributed by atoms with Gasteiger partial charge in [-0.25, -0.2) is 0 Å². The molecule has 3 fully saturated rings. The molecule has 0 amide bonds. The average molecular weight is 929 g/mol. The summed E-state index contributed by atoms with van der Waals surface area (Å²) in [6, 6.07) is 12.0. The van der Waals surface area contributed by atoms with E-state index in [2.05, 4.69) is 16.7 Å². The highest BCUT2D eigenvalue weighted by atomic mass is 33.1. The molecular weight excluding hydrogens is 869 g/mol. The first-order valence-corrected chi connectivity index (χ1v) is 25.6. The third-order valence-corrected chi connectivity index (χ3v) is 19.0. The summed E-state index contributed by atoms with van der Waals surface area (Å²) in [5.41, 5.74) is -0.175. The van der Waals surface area contributed by atoms with Crippen LogP contribution in [0.1, 0.15) is 102 Å². The quantitative estimate of drug-likeness (QED) is 0.161. The number of carbonyl (C=O) groups excluding carboxylic acids is 2. The van der Waals surface area contributed by atoms with Crippen molar-refractivity contribution in [1.29, 1.82) is 0 Å². The number of rotatable bonds is 7. The van der Waals surface area contributed by atoms with Crippen LogP contribution in [0.2, 0.25) is 0 Å². The highest BCUT2D eigenvalue weighted by Gasteiger charge is 2.66.